The summed E-state index contributed by atoms with van der Waals surface area (Å²) in [4.78, 5) is 76.9. The Labute approximate surface area is 230 Å². The fourth-order valence-corrected chi connectivity index (χ4v) is 4.32. The summed E-state index contributed by atoms with van der Waals surface area (Å²) >= 11 is 0. The van der Waals surface area contributed by atoms with E-state index in [0.717, 1.165) is 0 Å². The molecule has 0 radical (unpaired) electrons. The second kappa shape index (κ2) is 13.6. The second-order valence-electron chi connectivity index (χ2n) is 12.5. The molecule has 0 aromatic rings. The maximum Gasteiger partial charge on any atom is 0.329 e. The lowest BCUT2D eigenvalue weighted by Gasteiger charge is -2.36. The van der Waals surface area contributed by atoms with Crippen molar-refractivity contribution >= 4 is 35.5 Å². The topological polar surface area (TPSA) is 177 Å². The summed E-state index contributed by atoms with van der Waals surface area (Å²) in [6.07, 6.45) is 2.05. The summed E-state index contributed by atoms with van der Waals surface area (Å²) in [5.74, 6) is -3.86. The Morgan fingerprint density at radius 3 is 2.13 bits per heavy atom. The number of nitrogens with two attached hydrogens (primary N) is 1. The molecular formula is C27H45N5O7. The monoisotopic (exact) mass is 551 g/mol. The van der Waals surface area contributed by atoms with Crippen molar-refractivity contribution < 1.29 is 33.5 Å². The van der Waals surface area contributed by atoms with E-state index in [0.29, 0.717) is 12.8 Å². The zero-order valence-electron chi connectivity index (χ0n) is 24.4. The molecule has 0 aromatic carbocycles. The third-order valence-corrected chi connectivity index (χ3v) is 6.23. The standard InChI is InChI=1S/C27H45N5O7/c1-10-11-39-24(37)17(13-26(4,5)6)30-25(38)31-20(27(7,8)9)23(36)32-14-15(2)12-18(32)22(35)29-16(3)19(33)21(28)34/h10,15-18,20H,1,11-14H2,2-9H3,(H2,28,34)(H,29,35)(H2,30,31,38). The Kier molecular flexibility index (Phi) is 11.7. The lowest BCUT2D eigenvalue weighted by Crippen LogP contribution is -2.61. The molecule has 1 aliphatic heterocycles. The molecule has 12 nitrogen and oxygen atoms in total. The summed E-state index contributed by atoms with van der Waals surface area (Å²) in [6.45, 7) is 18.0. The first-order chi connectivity index (χ1) is 17.8. The van der Waals surface area contributed by atoms with Gasteiger partial charge >= 0.3 is 12.0 Å². The van der Waals surface area contributed by atoms with Crippen LogP contribution in [-0.4, -0.2) is 77.7 Å². The van der Waals surface area contributed by atoms with Crippen molar-refractivity contribution in [2.75, 3.05) is 13.2 Å². The van der Waals surface area contributed by atoms with Gasteiger partial charge in [-0.2, -0.15) is 0 Å². The average Bonchev–Trinajstić information content (AvgIpc) is 3.19. The van der Waals surface area contributed by atoms with Crippen molar-refractivity contribution in [1.82, 2.24) is 20.9 Å². The Bertz CT molecular complexity index is 967. The third kappa shape index (κ3) is 10.3. The predicted molar refractivity (Wildman–Crippen MR) is 145 cm³/mol. The van der Waals surface area contributed by atoms with Crippen LogP contribution in [-0.2, 0) is 28.7 Å². The van der Waals surface area contributed by atoms with Gasteiger partial charge < -0.3 is 31.3 Å². The van der Waals surface area contributed by atoms with Gasteiger partial charge in [-0.3, -0.25) is 19.2 Å². The molecule has 1 heterocycles. The smallest absolute Gasteiger partial charge is 0.329 e. The third-order valence-electron chi connectivity index (χ3n) is 6.23. The SMILES string of the molecule is C=CCOC(=O)C(CC(C)(C)C)NC(=O)NC(C(=O)N1CC(C)CC1C(=O)NC(C)C(=O)C(N)=O)C(C)(C)C. The lowest BCUT2D eigenvalue weighted by atomic mass is 9.85. The number of urea groups is 1. The van der Waals surface area contributed by atoms with Crippen LogP contribution < -0.4 is 21.7 Å². The number of hydrogen-bond donors (Lipinski definition) is 4. The van der Waals surface area contributed by atoms with Crippen LogP contribution in [0, 0.1) is 16.7 Å². The number of nitrogens with zero attached hydrogens (tertiary/aromatic N) is 1. The Morgan fingerprint density at radius 2 is 1.64 bits per heavy atom. The minimum Gasteiger partial charge on any atom is -0.460 e. The van der Waals surface area contributed by atoms with E-state index >= 15 is 0 Å². The van der Waals surface area contributed by atoms with E-state index in [-0.39, 0.29) is 24.5 Å². The van der Waals surface area contributed by atoms with Crippen LogP contribution in [0.5, 0.6) is 0 Å². The molecular weight excluding hydrogens is 506 g/mol. The number of Topliss-reactive ketones (excluding diaryl/α,β-unsaturated/α-hetero) is 1. The van der Waals surface area contributed by atoms with Crippen molar-refractivity contribution in [2.45, 2.75) is 92.4 Å². The maximum atomic E-state index is 13.8. The molecule has 1 rings (SSSR count). The van der Waals surface area contributed by atoms with E-state index in [1.54, 1.807) is 20.8 Å². The molecule has 0 aliphatic carbocycles. The first-order valence-electron chi connectivity index (χ1n) is 13.1. The number of carbonyl (C=O) groups is 6. The molecule has 1 fully saturated rings. The van der Waals surface area contributed by atoms with Gasteiger partial charge in [-0.25, -0.2) is 9.59 Å². The number of primary amides is 1. The van der Waals surface area contributed by atoms with E-state index < -0.39 is 65.1 Å². The second-order valence-corrected chi connectivity index (χ2v) is 12.5. The number of nitrogens with one attached hydrogen (secondary N) is 3. The highest BCUT2D eigenvalue weighted by Gasteiger charge is 2.44. The number of rotatable bonds is 11. The quantitative estimate of drug-likeness (QED) is 0.168. The van der Waals surface area contributed by atoms with Crippen LogP contribution in [0.15, 0.2) is 12.7 Å². The molecule has 0 aromatic heterocycles. The molecule has 5 atom stereocenters. The first-order valence-corrected chi connectivity index (χ1v) is 13.1. The molecule has 0 spiro atoms. The summed E-state index contributed by atoms with van der Waals surface area (Å²) in [5, 5.41) is 7.79. The van der Waals surface area contributed by atoms with Crippen molar-refractivity contribution in [2.24, 2.45) is 22.5 Å². The molecule has 5 unspecified atom stereocenters. The van der Waals surface area contributed by atoms with Gasteiger partial charge in [0.15, 0.2) is 0 Å². The van der Waals surface area contributed by atoms with Gasteiger partial charge in [0.05, 0.1) is 6.04 Å². The lowest BCUT2D eigenvalue weighted by molar-refractivity contribution is -0.145. The van der Waals surface area contributed by atoms with Crippen molar-refractivity contribution in [1.29, 1.82) is 0 Å². The largest absolute Gasteiger partial charge is 0.460 e. The van der Waals surface area contributed by atoms with Crippen molar-refractivity contribution in [3.05, 3.63) is 12.7 Å². The number of esters is 1. The van der Waals surface area contributed by atoms with E-state index in [4.69, 9.17) is 10.5 Å². The van der Waals surface area contributed by atoms with E-state index in [1.165, 1.54) is 17.9 Å². The highest BCUT2D eigenvalue weighted by molar-refractivity contribution is 6.37. The Morgan fingerprint density at radius 1 is 1.05 bits per heavy atom. The fourth-order valence-electron chi connectivity index (χ4n) is 4.32. The van der Waals surface area contributed by atoms with Crippen molar-refractivity contribution in [3.8, 4) is 0 Å². The van der Waals surface area contributed by atoms with Crippen LogP contribution in [0.25, 0.3) is 0 Å². The molecule has 220 valence electrons. The zero-order valence-corrected chi connectivity index (χ0v) is 24.4. The normalized spacial score (nSPS) is 19.7. The van der Waals surface area contributed by atoms with Gasteiger partial charge in [-0.15, -0.1) is 0 Å². The number of likely N-dealkylation sites (tertiary alicyclic amines) is 1. The molecule has 5 amide bonds. The van der Waals surface area contributed by atoms with Crippen molar-refractivity contribution in [3.63, 3.8) is 0 Å². The summed E-state index contributed by atoms with van der Waals surface area (Å²) in [7, 11) is 0. The van der Waals surface area contributed by atoms with Gasteiger partial charge in [-0.05, 0) is 36.5 Å². The summed E-state index contributed by atoms with van der Waals surface area (Å²) < 4.78 is 5.14. The zero-order chi connectivity index (χ0) is 30.3. The van der Waals surface area contributed by atoms with Gasteiger partial charge in [0.2, 0.25) is 17.6 Å². The van der Waals surface area contributed by atoms with Crippen LogP contribution in [0.2, 0.25) is 0 Å². The molecule has 12 heteroatoms. The number of hydrogen-bond acceptors (Lipinski definition) is 7. The van der Waals surface area contributed by atoms with Crippen LogP contribution in [0.3, 0.4) is 0 Å². The minimum atomic E-state index is -1.17. The van der Waals surface area contributed by atoms with Crippen LogP contribution in [0.1, 0.15) is 68.2 Å². The van der Waals surface area contributed by atoms with E-state index in [1.807, 2.05) is 27.7 Å². The van der Waals surface area contributed by atoms with E-state index in [9.17, 15) is 28.8 Å². The number of amides is 5. The van der Waals surface area contributed by atoms with Gasteiger partial charge in [0.25, 0.3) is 5.91 Å². The predicted octanol–water partition coefficient (Wildman–Crippen LogP) is 1.03. The molecule has 0 bridgehead atoms. The molecule has 0 saturated carbocycles. The highest BCUT2D eigenvalue weighted by Crippen LogP contribution is 2.28. The Balaban J connectivity index is 3.13. The number of carbonyl (C=O) groups excluding carboxylic acids is 6. The molecule has 1 aliphatic rings. The molecule has 39 heavy (non-hydrogen) atoms. The van der Waals surface area contributed by atoms with Gasteiger partial charge in [-0.1, -0.05) is 61.1 Å². The molecule has 5 N–H and O–H groups in total. The average molecular weight is 552 g/mol. The van der Waals surface area contributed by atoms with Gasteiger partial charge in [0, 0.05) is 6.54 Å². The van der Waals surface area contributed by atoms with Crippen LogP contribution in [0.4, 0.5) is 4.79 Å². The number of ether oxygens (including phenoxy) is 1. The Hall–Kier alpha value is -3.44. The van der Waals surface area contributed by atoms with Crippen LogP contribution >= 0.6 is 0 Å². The molecule has 1 saturated heterocycles. The first kappa shape index (κ1) is 33.6. The summed E-state index contributed by atoms with van der Waals surface area (Å²) in [6, 6.07) is -4.81. The minimum absolute atomic E-state index is 0.00781. The highest BCUT2D eigenvalue weighted by atomic mass is 16.5. The summed E-state index contributed by atoms with van der Waals surface area (Å²) in [5.41, 5.74) is 3.94. The van der Waals surface area contributed by atoms with E-state index in [2.05, 4.69) is 22.5 Å². The van der Waals surface area contributed by atoms with Gasteiger partial charge in [0.1, 0.15) is 24.7 Å². The fraction of sp³-hybridized carbons (Fsp3) is 0.704. The maximum absolute atomic E-state index is 13.8. The number of ketones is 1.